The third kappa shape index (κ3) is 2.58. The second-order valence-corrected chi connectivity index (χ2v) is 6.53. The molecule has 6 heteroatoms. The predicted octanol–water partition coefficient (Wildman–Crippen LogP) is 2.38. The number of hydrogen-bond acceptors (Lipinski definition) is 5. The molecule has 0 N–H and O–H groups in total. The molecule has 0 spiro atoms. The van der Waals surface area contributed by atoms with Crippen LogP contribution in [0.2, 0.25) is 0 Å². The smallest absolute Gasteiger partial charge is 0.200 e. The SMILES string of the molecule is Cc1ccc(N2CCN(c3cc(C)nn4cnnc34)CC2)c(C)c1. The first-order chi connectivity index (χ1) is 11.6. The van der Waals surface area contributed by atoms with Crippen LogP contribution in [0, 0.1) is 20.8 Å². The molecular formula is C18H22N6. The molecule has 1 fully saturated rings. The molecule has 0 bridgehead atoms. The number of fused-ring (bicyclic) bond motifs is 1. The van der Waals surface area contributed by atoms with E-state index in [1.807, 2.05) is 6.92 Å². The highest BCUT2D eigenvalue weighted by molar-refractivity contribution is 5.69. The number of hydrogen-bond donors (Lipinski definition) is 0. The van der Waals surface area contributed by atoms with Gasteiger partial charge in [-0.2, -0.15) is 9.61 Å². The maximum Gasteiger partial charge on any atom is 0.200 e. The fraction of sp³-hybridized carbons (Fsp3) is 0.389. The van der Waals surface area contributed by atoms with Gasteiger partial charge in [0, 0.05) is 31.9 Å². The monoisotopic (exact) mass is 322 g/mol. The first kappa shape index (κ1) is 14.9. The highest BCUT2D eigenvalue weighted by Crippen LogP contribution is 2.26. The zero-order chi connectivity index (χ0) is 16.7. The van der Waals surface area contributed by atoms with Crippen LogP contribution >= 0.6 is 0 Å². The summed E-state index contributed by atoms with van der Waals surface area (Å²) in [5.74, 6) is 0. The van der Waals surface area contributed by atoms with Crippen molar-refractivity contribution in [1.82, 2.24) is 19.8 Å². The Kier molecular flexibility index (Phi) is 3.59. The van der Waals surface area contributed by atoms with Crippen molar-refractivity contribution in [1.29, 1.82) is 0 Å². The number of rotatable bonds is 2. The van der Waals surface area contributed by atoms with E-state index in [-0.39, 0.29) is 0 Å². The standard InChI is InChI=1S/C18H22N6/c1-13-4-5-16(14(2)10-13)22-6-8-23(9-7-22)17-11-15(3)21-24-12-19-20-18(17)24/h4-5,10-12H,6-9H2,1-3H3. The van der Waals surface area contributed by atoms with Crippen LogP contribution < -0.4 is 9.80 Å². The summed E-state index contributed by atoms with van der Waals surface area (Å²) in [6.45, 7) is 10.3. The molecule has 0 amide bonds. The molecule has 1 saturated heterocycles. The van der Waals surface area contributed by atoms with Crippen LogP contribution in [0.25, 0.3) is 5.65 Å². The van der Waals surface area contributed by atoms with Crippen molar-refractivity contribution in [2.45, 2.75) is 20.8 Å². The summed E-state index contributed by atoms with van der Waals surface area (Å²) in [5.41, 5.74) is 6.95. The van der Waals surface area contributed by atoms with Gasteiger partial charge in [-0.3, -0.25) is 0 Å². The van der Waals surface area contributed by atoms with Gasteiger partial charge in [0.1, 0.15) is 6.33 Å². The lowest BCUT2D eigenvalue weighted by molar-refractivity contribution is 0.651. The number of nitrogens with zero attached hydrogens (tertiary/aromatic N) is 6. The van der Waals surface area contributed by atoms with Gasteiger partial charge in [-0.15, -0.1) is 10.2 Å². The summed E-state index contributed by atoms with van der Waals surface area (Å²) in [6, 6.07) is 8.80. The Morgan fingerprint density at radius 3 is 2.29 bits per heavy atom. The lowest BCUT2D eigenvalue weighted by atomic mass is 10.1. The minimum absolute atomic E-state index is 0.834. The maximum absolute atomic E-state index is 4.43. The van der Waals surface area contributed by atoms with Gasteiger partial charge in [0.05, 0.1) is 11.4 Å². The lowest BCUT2D eigenvalue weighted by Crippen LogP contribution is -2.47. The number of benzene rings is 1. The third-order valence-electron chi connectivity index (χ3n) is 4.68. The van der Waals surface area contributed by atoms with Crippen LogP contribution in [0.3, 0.4) is 0 Å². The summed E-state index contributed by atoms with van der Waals surface area (Å²) in [7, 11) is 0. The van der Waals surface area contributed by atoms with Crippen molar-refractivity contribution >= 4 is 17.0 Å². The van der Waals surface area contributed by atoms with E-state index >= 15 is 0 Å². The van der Waals surface area contributed by atoms with Gasteiger partial charge in [-0.25, -0.2) is 0 Å². The van der Waals surface area contributed by atoms with Gasteiger partial charge < -0.3 is 9.80 Å². The Bertz CT molecular complexity index is 876. The molecule has 0 unspecified atom stereocenters. The van der Waals surface area contributed by atoms with E-state index in [2.05, 4.69) is 63.2 Å². The molecular weight excluding hydrogens is 300 g/mol. The van der Waals surface area contributed by atoms with E-state index < -0.39 is 0 Å². The second kappa shape index (κ2) is 5.78. The minimum atomic E-state index is 0.834. The van der Waals surface area contributed by atoms with Crippen LogP contribution in [0.5, 0.6) is 0 Å². The average molecular weight is 322 g/mol. The molecule has 24 heavy (non-hydrogen) atoms. The normalized spacial score (nSPS) is 15.3. The van der Waals surface area contributed by atoms with Crippen LogP contribution in [-0.2, 0) is 0 Å². The Morgan fingerprint density at radius 1 is 0.875 bits per heavy atom. The topological polar surface area (TPSA) is 49.6 Å². The number of anilines is 2. The molecule has 2 aromatic heterocycles. The molecule has 0 radical (unpaired) electrons. The van der Waals surface area contributed by atoms with Gasteiger partial charge >= 0.3 is 0 Å². The van der Waals surface area contributed by atoms with Crippen molar-refractivity contribution in [3.8, 4) is 0 Å². The Labute approximate surface area is 141 Å². The molecule has 3 heterocycles. The van der Waals surface area contributed by atoms with Crippen LogP contribution in [0.1, 0.15) is 16.8 Å². The van der Waals surface area contributed by atoms with Gasteiger partial charge in [-0.1, -0.05) is 17.7 Å². The lowest BCUT2D eigenvalue weighted by Gasteiger charge is -2.38. The van der Waals surface area contributed by atoms with Crippen molar-refractivity contribution in [2.75, 3.05) is 36.0 Å². The highest BCUT2D eigenvalue weighted by Gasteiger charge is 2.21. The van der Waals surface area contributed by atoms with Crippen molar-refractivity contribution in [3.05, 3.63) is 47.4 Å². The summed E-state index contributed by atoms with van der Waals surface area (Å²) in [6.07, 6.45) is 1.66. The first-order valence-electron chi connectivity index (χ1n) is 8.36. The molecule has 6 nitrogen and oxygen atoms in total. The number of aromatic nitrogens is 4. The quantitative estimate of drug-likeness (QED) is 0.725. The summed E-state index contributed by atoms with van der Waals surface area (Å²) in [5, 5.41) is 12.7. The van der Waals surface area contributed by atoms with Crippen molar-refractivity contribution < 1.29 is 0 Å². The molecule has 124 valence electrons. The first-order valence-corrected chi connectivity index (χ1v) is 8.36. The summed E-state index contributed by atoms with van der Waals surface area (Å²) < 4.78 is 1.77. The molecule has 1 aromatic carbocycles. The highest BCUT2D eigenvalue weighted by atomic mass is 15.4. The van der Waals surface area contributed by atoms with Crippen molar-refractivity contribution in [3.63, 3.8) is 0 Å². The zero-order valence-corrected chi connectivity index (χ0v) is 14.4. The summed E-state index contributed by atoms with van der Waals surface area (Å²) in [4.78, 5) is 4.86. The van der Waals surface area contributed by atoms with Gasteiger partial charge in [0.25, 0.3) is 0 Å². The van der Waals surface area contributed by atoms with Crippen LogP contribution in [0.15, 0.2) is 30.6 Å². The molecule has 0 atom stereocenters. The minimum Gasteiger partial charge on any atom is -0.368 e. The zero-order valence-electron chi connectivity index (χ0n) is 14.4. The Hall–Kier alpha value is -2.63. The molecule has 0 aliphatic carbocycles. The van der Waals surface area contributed by atoms with E-state index in [1.54, 1.807) is 10.8 Å². The second-order valence-electron chi connectivity index (χ2n) is 6.53. The fourth-order valence-corrected chi connectivity index (χ4v) is 3.51. The maximum atomic E-state index is 4.43. The fourth-order valence-electron chi connectivity index (χ4n) is 3.51. The molecule has 1 aliphatic rings. The van der Waals surface area contributed by atoms with Crippen molar-refractivity contribution in [2.24, 2.45) is 0 Å². The molecule has 4 rings (SSSR count). The summed E-state index contributed by atoms with van der Waals surface area (Å²) >= 11 is 0. The Balaban J connectivity index is 1.56. The largest absolute Gasteiger partial charge is 0.368 e. The van der Waals surface area contributed by atoms with Crippen LogP contribution in [0.4, 0.5) is 11.4 Å². The predicted molar refractivity (Wildman–Crippen MR) is 95.9 cm³/mol. The van der Waals surface area contributed by atoms with E-state index in [4.69, 9.17) is 0 Å². The number of aryl methyl sites for hydroxylation is 3. The van der Waals surface area contributed by atoms with E-state index in [0.717, 1.165) is 43.2 Å². The average Bonchev–Trinajstić information content (AvgIpc) is 3.02. The number of piperazine rings is 1. The van der Waals surface area contributed by atoms with Crippen LogP contribution in [-0.4, -0.2) is 46.0 Å². The van der Waals surface area contributed by atoms with E-state index in [1.165, 1.54) is 16.8 Å². The van der Waals surface area contributed by atoms with Gasteiger partial charge in [0.2, 0.25) is 5.65 Å². The van der Waals surface area contributed by atoms with Gasteiger partial charge in [-0.05, 0) is 38.5 Å². The van der Waals surface area contributed by atoms with E-state index in [0.29, 0.717) is 0 Å². The van der Waals surface area contributed by atoms with E-state index in [9.17, 15) is 0 Å². The van der Waals surface area contributed by atoms with Gasteiger partial charge in [0.15, 0.2) is 0 Å². The molecule has 0 saturated carbocycles. The third-order valence-corrected chi connectivity index (χ3v) is 4.68. The Morgan fingerprint density at radius 2 is 1.58 bits per heavy atom. The molecule has 3 aromatic rings. The molecule has 1 aliphatic heterocycles.